The Bertz CT molecular complexity index is 815. The first-order valence-corrected chi connectivity index (χ1v) is 6.24. The van der Waals surface area contributed by atoms with E-state index >= 15 is 0 Å². The molecular formula is C10H12N8O5. The van der Waals surface area contributed by atoms with Crippen LogP contribution in [0, 0.1) is 25.7 Å². The van der Waals surface area contributed by atoms with Crippen molar-refractivity contribution in [3.63, 3.8) is 0 Å². The van der Waals surface area contributed by atoms with Crippen LogP contribution in [0.15, 0.2) is 17.2 Å². The van der Waals surface area contributed by atoms with Crippen molar-refractivity contribution in [1.29, 1.82) is 0 Å². The third kappa shape index (κ3) is 3.63. The molecule has 23 heavy (non-hydrogen) atoms. The maximum absolute atomic E-state index is 12.2. The second kappa shape index (κ2) is 5.43. The van der Waals surface area contributed by atoms with Gasteiger partial charge in [0.1, 0.15) is 10.5 Å². The molecule has 0 unspecified atom stereocenters. The minimum absolute atomic E-state index is 0.0420. The summed E-state index contributed by atoms with van der Waals surface area (Å²) in [4.78, 5) is 10.6. The third-order valence-corrected chi connectivity index (χ3v) is 2.46. The lowest BCUT2D eigenvalue weighted by Crippen LogP contribution is -2.50. The Balaban J connectivity index is 2.74. The van der Waals surface area contributed by atoms with Crippen LogP contribution in [0.3, 0.4) is 0 Å². The fourth-order valence-electron chi connectivity index (χ4n) is 1.70. The molecule has 1 aromatic heterocycles. The molecule has 1 heterocycles. The van der Waals surface area contributed by atoms with E-state index in [0.29, 0.717) is 0 Å². The Morgan fingerprint density at radius 2 is 1.91 bits per heavy atom. The van der Waals surface area contributed by atoms with E-state index in [4.69, 9.17) is 0 Å². The largest absolute Gasteiger partial charge is 0.594 e. The fraction of sp³-hybridized carbons (Fsp3) is 0.400. The SMILES string of the molecule is CC(C)(C)N=[N+]([O-])c1cc2c(cc1N[N+](=O)[O-])n[n+]([O-])n[n+]2[O-]. The predicted octanol–water partition coefficient (Wildman–Crippen LogP) is -0.107. The van der Waals surface area contributed by atoms with Crippen LogP contribution >= 0.6 is 0 Å². The average molecular weight is 324 g/mol. The van der Waals surface area contributed by atoms with Crippen molar-refractivity contribution in [3.05, 3.63) is 37.9 Å². The number of azo groups is 1. The van der Waals surface area contributed by atoms with Crippen LogP contribution in [-0.4, -0.2) is 25.7 Å². The van der Waals surface area contributed by atoms with Crippen LogP contribution in [-0.2, 0) is 0 Å². The molecule has 1 N–H and O–H groups in total. The van der Waals surface area contributed by atoms with Crippen molar-refractivity contribution < 1.29 is 19.7 Å². The van der Waals surface area contributed by atoms with Crippen LogP contribution in [0.25, 0.3) is 11.0 Å². The van der Waals surface area contributed by atoms with Gasteiger partial charge in [0, 0.05) is 10.9 Å². The zero-order valence-corrected chi connectivity index (χ0v) is 12.3. The molecule has 0 atom stereocenters. The number of nitrogens with one attached hydrogen (secondary N) is 1. The maximum Gasteiger partial charge on any atom is 0.326 e. The lowest BCUT2D eigenvalue weighted by molar-refractivity contribution is -0.863. The van der Waals surface area contributed by atoms with Gasteiger partial charge in [0.05, 0.1) is 11.2 Å². The number of nitro groups is 1. The zero-order valence-electron chi connectivity index (χ0n) is 12.3. The lowest BCUT2D eigenvalue weighted by Gasteiger charge is -2.10. The molecule has 0 spiro atoms. The highest BCUT2D eigenvalue weighted by Crippen LogP contribution is 2.29. The Kier molecular flexibility index (Phi) is 3.78. The van der Waals surface area contributed by atoms with Gasteiger partial charge in [-0.05, 0) is 25.9 Å². The van der Waals surface area contributed by atoms with Gasteiger partial charge in [-0.2, -0.15) is 0 Å². The minimum Gasteiger partial charge on any atom is -0.594 e. The van der Waals surface area contributed by atoms with Gasteiger partial charge in [0.2, 0.25) is 5.52 Å². The Hall–Kier alpha value is -3.38. The van der Waals surface area contributed by atoms with E-state index < -0.39 is 10.6 Å². The number of hydrogen-bond donors (Lipinski definition) is 1. The summed E-state index contributed by atoms with van der Waals surface area (Å²) in [5.41, 5.74) is 0.0862. The van der Waals surface area contributed by atoms with E-state index in [9.17, 15) is 25.7 Å². The van der Waals surface area contributed by atoms with Crippen LogP contribution in [0.1, 0.15) is 20.8 Å². The Labute approximate surface area is 128 Å². The Morgan fingerprint density at radius 1 is 1.26 bits per heavy atom. The smallest absolute Gasteiger partial charge is 0.326 e. The summed E-state index contributed by atoms with van der Waals surface area (Å²) < 4.78 is 0. The molecule has 13 nitrogen and oxygen atoms in total. The molecule has 0 aliphatic heterocycles. The van der Waals surface area contributed by atoms with E-state index in [1.807, 2.05) is 5.43 Å². The van der Waals surface area contributed by atoms with Crippen molar-refractivity contribution in [3.8, 4) is 0 Å². The Morgan fingerprint density at radius 3 is 2.48 bits per heavy atom. The number of aromatic nitrogens is 4. The minimum atomic E-state index is -0.896. The van der Waals surface area contributed by atoms with Crippen molar-refractivity contribution in [2.45, 2.75) is 26.3 Å². The van der Waals surface area contributed by atoms with Crippen molar-refractivity contribution in [2.75, 3.05) is 5.43 Å². The molecule has 1 aromatic carbocycles. The molecule has 2 rings (SSSR count). The summed E-state index contributed by atoms with van der Waals surface area (Å²) in [6, 6.07) is 2.03. The van der Waals surface area contributed by atoms with E-state index in [-0.39, 0.29) is 37.1 Å². The summed E-state index contributed by atoms with van der Waals surface area (Å²) in [6.07, 6.45) is 0. The summed E-state index contributed by atoms with van der Waals surface area (Å²) in [6.45, 7) is 4.95. The van der Waals surface area contributed by atoms with Gasteiger partial charge in [-0.1, -0.05) is 4.86 Å². The third-order valence-electron chi connectivity index (χ3n) is 2.46. The molecule has 13 heteroatoms. The first kappa shape index (κ1) is 16.0. The molecule has 0 bridgehead atoms. The molecule has 2 aromatic rings. The van der Waals surface area contributed by atoms with Gasteiger partial charge >= 0.3 is 5.21 Å². The normalized spacial score (nSPS) is 12.4. The van der Waals surface area contributed by atoms with Gasteiger partial charge in [-0.25, -0.2) is 10.1 Å². The maximum atomic E-state index is 12.2. The van der Waals surface area contributed by atoms with Gasteiger partial charge in [-0.3, -0.25) is 0 Å². The van der Waals surface area contributed by atoms with E-state index in [2.05, 4.69) is 15.4 Å². The summed E-state index contributed by atoms with van der Waals surface area (Å²) in [5, 5.41) is 54.8. The number of nitrogens with zero attached hydrogens (tertiary/aromatic N) is 7. The summed E-state index contributed by atoms with van der Waals surface area (Å²) in [7, 11) is 0. The molecule has 0 aliphatic carbocycles. The molecule has 0 aliphatic rings. The van der Waals surface area contributed by atoms with Crippen LogP contribution in [0.4, 0.5) is 11.4 Å². The number of anilines is 1. The zero-order chi connectivity index (χ0) is 17.4. The molecule has 0 saturated carbocycles. The number of benzene rings is 1. The standard InChI is InChI=1S/C10H12N8O5/c1-10(2,3)13-15(19)8-5-9-6(4-7(8)12-18(22)23)11-17(21)14-16(9)20/h4-5,12H,1-3H3. The summed E-state index contributed by atoms with van der Waals surface area (Å²) in [5.74, 6) is 0. The van der Waals surface area contributed by atoms with Crippen LogP contribution < -0.4 is 15.2 Å². The van der Waals surface area contributed by atoms with Gasteiger partial charge < -0.3 is 15.6 Å². The second-order valence-electron chi connectivity index (χ2n) is 5.49. The number of hydrogen-bond acceptors (Lipinski definition) is 8. The highest BCUT2D eigenvalue weighted by molar-refractivity contribution is 5.81. The predicted molar refractivity (Wildman–Crippen MR) is 73.5 cm³/mol. The number of fused-ring (bicyclic) bond motifs is 1. The van der Waals surface area contributed by atoms with Crippen molar-refractivity contribution in [2.24, 2.45) is 5.11 Å². The first-order chi connectivity index (χ1) is 10.6. The highest BCUT2D eigenvalue weighted by Gasteiger charge is 2.26. The lowest BCUT2D eigenvalue weighted by atomic mass is 10.1. The van der Waals surface area contributed by atoms with Crippen LogP contribution in [0.5, 0.6) is 0 Å². The van der Waals surface area contributed by atoms with E-state index in [1.54, 1.807) is 20.8 Å². The second-order valence-corrected chi connectivity index (χ2v) is 5.49. The van der Waals surface area contributed by atoms with Gasteiger partial charge in [-0.15, -0.1) is 5.43 Å². The topological polar surface area (TPSA) is 173 Å². The van der Waals surface area contributed by atoms with Gasteiger partial charge in [0.25, 0.3) is 11.2 Å². The van der Waals surface area contributed by atoms with Gasteiger partial charge in [0.15, 0.2) is 10.7 Å². The number of rotatable bonds is 3. The van der Waals surface area contributed by atoms with Crippen molar-refractivity contribution >= 4 is 22.4 Å². The fourth-order valence-corrected chi connectivity index (χ4v) is 1.70. The molecule has 0 fully saturated rings. The van der Waals surface area contributed by atoms with E-state index in [0.717, 1.165) is 12.1 Å². The number of hydrazine groups is 1. The van der Waals surface area contributed by atoms with Crippen LogP contribution in [0.2, 0.25) is 0 Å². The monoisotopic (exact) mass is 324 g/mol. The molecule has 0 radical (unpaired) electrons. The molecular weight excluding hydrogens is 312 g/mol. The quantitative estimate of drug-likeness (QED) is 0.267. The average Bonchev–Trinajstić information content (AvgIpc) is 2.34. The molecule has 122 valence electrons. The highest BCUT2D eigenvalue weighted by atomic mass is 16.7. The first-order valence-electron chi connectivity index (χ1n) is 6.24. The molecule has 0 amide bonds. The molecule has 0 saturated heterocycles. The summed E-state index contributed by atoms with van der Waals surface area (Å²) >= 11 is 0. The van der Waals surface area contributed by atoms with E-state index in [1.165, 1.54) is 0 Å². The van der Waals surface area contributed by atoms with Crippen molar-refractivity contribution in [1.82, 2.24) is 10.3 Å².